The summed E-state index contributed by atoms with van der Waals surface area (Å²) in [6, 6.07) is 9.26. The summed E-state index contributed by atoms with van der Waals surface area (Å²) in [4.78, 5) is 32.2. The Hall–Kier alpha value is -3.32. The normalized spacial score (nSPS) is 13.8. The summed E-state index contributed by atoms with van der Waals surface area (Å²) in [5, 5.41) is 1.78. The van der Waals surface area contributed by atoms with Crippen molar-refractivity contribution in [3.63, 3.8) is 0 Å². The maximum Gasteiger partial charge on any atom is 0.275 e. The molecule has 7 nitrogen and oxygen atoms in total. The third-order valence-corrected chi connectivity index (χ3v) is 6.11. The molecule has 3 aromatic heterocycles. The quantitative estimate of drug-likeness (QED) is 0.491. The van der Waals surface area contributed by atoms with Gasteiger partial charge >= 0.3 is 0 Å². The zero-order chi connectivity index (χ0) is 21.7. The highest BCUT2D eigenvalue weighted by Crippen LogP contribution is 2.27. The first kappa shape index (κ1) is 19.6. The Labute approximate surface area is 184 Å². The molecule has 0 atom stereocenters. The van der Waals surface area contributed by atoms with Gasteiger partial charge in [-0.25, -0.2) is 4.98 Å². The van der Waals surface area contributed by atoms with Gasteiger partial charge in [0.2, 0.25) is 0 Å². The number of rotatable bonds is 4. The molecule has 31 heavy (non-hydrogen) atoms. The number of carbonyl (C=O) groups is 1. The molecule has 0 bridgehead atoms. The summed E-state index contributed by atoms with van der Waals surface area (Å²) in [6.45, 7) is 6.19. The Balaban J connectivity index is 1.48. The zero-order valence-corrected chi connectivity index (χ0v) is 18.1. The number of nitrogens with zero attached hydrogens (tertiary/aromatic N) is 5. The van der Waals surface area contributed by atoms with Gasteiger partial charge in [-0.05, 0) is 43.7 Å². The predicted molar refractivity (Wildman–Crippen MR) is 120 cm³/mol. The van der Waals surface area contributed by atoms with Crippen molar-refractivity contribution in [1.29, 1.82) is 0 Å². The Morgan fingerprint density at radius 1 is 1.10 bits per heavy atom. The second kappa shape index (κ2) is 7.42. The van der Waals surface area contributed by atoms with Crippen molar-refractivity contribution < 1.29 is 4.79 Å². The molecule has 0 saturated carbocycles. The number of amides is 1. The number of hydrogen-bond acceptors (Lipinski definition) is 3. The van der Waals surface area contributed by atoms with E-state index in [0.29, 0.717) is 36.0 Å². The van der Waals surface area contributed by atoms with Crippen LogP contribution in [-0.4, -0.2) is 36.0 Å². The fraction of sp³-hybridized carbons (Fsp3) is 0.261. The molecule has 0 saturated heterocycles. The molecule has 4 aromatic rings. The molecule has 0 fully saturated rings. The van der Waals surface area contributed by atoms with Crippen LogP contribution in [0.1, 0.15) is 28.7 Å². The van der Waals surface area contributed by atoms with E-state index in [0.717, 1.165) is 28.7 Å². The van der Waals surface area contributed by atoms with Gasteiger partial charge in [-0.2, -0.15) is 0 Å². The van der Waals surface area contributed by atoms with E-state index < -0.39 is 0 Å². The van der Waals surface area contributed by atoms with Crippen LogP contribution >= 0.6 is 11.6 Å². The number of aromatic nitrogens is 4. The van der Waals surface area contributed by atoms with Crippen LogP contribution < -0.4 is 5.56 Å². The highest BCUT2D eigenvalue weighted by Gasteiger charge is 2.27. The number of carbonyl (C=O) groups excluding carboxylic acids is 1. The van der Waals surface area contributed by atoms with Crippen molar-refractivity contribution in [2.24, 2.45) is 0 Å². The minimum absolute atomic E-state index is 0.136. The summed E-state index contributed by atoms with van der Waals surface area (Å²) in [6.07, 6.45) is 5.50. The number of imidazole rings is 1. The molecule has 0 radical (unpaired) electrons. The Morgan fingerprint density at radius 2 is 1.94 bits per heavy atom. The first-order chi connectivity index (χ1) is 15.0. The lowest BCUT2D eigenvalue weighted by Gasteiger charge is -2.29. The molecule has 1 aromatic carbocycles. The number of aryl methyl sites for hydroxylation is 2. The fourth-order valence-corrected chi connectivity index (χ4v) is 4.46. The molecular weight excluding hydrogens is 414 g/mol. The van der Waals surface area contributed by atoms with Crippen molar-refractivity contribution in [1.82, 2.24) is 23.6 Å². The van der Waals surface area contributed by atoms with Crippen LogP contribution in [0.25, 0.3) is 16.6 Å². The molecule has 0 aliphatic carbocycles. The largest absolute Gasteiger partial charge is 0.347 e. The molecular formula is C23H22ClN5O2. The van der Waals surface area contributed by atoms with Crippen LogP contribution in [0.2, 0.25) is 5.02 Å². The minimum atomic E-state index is -0.180. The average molecular weight is 436 g/mol. The van der Waals surface area contributed by atoms with Crippen molar-refractivity contribution in [2.75, 3.05) is 6.54 Å². The highest BCUT2D eigenvalue weighted by atomic mass is 35.5. The van der Waals surface area contributed by atoms with E-state index in [1.54, 1.807) is 38.7 Å². The van der Waals surface area contributed by atoms with Gasteiger partial charge < -0.3 is 18.6 Å². The molecule has 5 rings (SSSR count). The topological polar surface area (TPSA) is 65.1 Å². The molecule has 158 valence electrons. The summed E-state index contributed by atoms with van der Waals surface area (Å²) in [5.41, 5.74) is 3.69. The maximum atomic E-state index is 13.2. The molecule has 1 aliphatic rings. The van der Waals surface area contributed by atoms with Gasteiger partial charge in [0.25, 0.3) is 11.5 Å². The van der Waals surface area contributed by atoms with E-state index in [1.165, 1.54) is 0 Å². The highest BCUT2D eigenvalue weighted by molar-refractivity contribution is 6.31. The molecule has 1 aliphatic heterocycles. The third kappa shape index (κ3) is 3.25. The van der Waals surface area contributed by atoms with Gasteiger partial charge in [-0.1, -0.05) is 17.7 Å². The van der Waals surface area contributed by atoms with Crippen LogP contribution in [0.15, 0.2) is 53.8 Å². The van der Waals surface area contributed by atoms with Crippen LogP contribution in [0.3, 0.4) is 0 Å². The number of fused-ring (bicyclic) bond motifs is 2. The van der Waals surface area contributed by atoms with E-state index in [4.69, 9.17) is 11.6 Å². The van der Waals surface area contributed by atoms with Gasteiger partial charge in [0.15, 0.2) is 0 Å². The van der Waals surface area contributed by atoms with E-state index in [2.05, 4.69) is 22.7 Å². The predicted octanol–water partition coefficient (Wildman–Crippen LogP) is 3.63. The van der Waals surface area contributed by atoms with Gasteiger partial charge in [-0.15, -0.1) is 0 Å². The monoisotopic (exact) mass is 435 g/mol. The number of pyridine rings is 1. The molecule has 0 N–H and O–H groups in total. The van der Waals surface area contributed by atoms with Crippen molar-refractivity contribution in [3.05, 3.63) is 81.4 Å². The Morgan fingerprint density at radius 3 is 2.68 bits per heavy atom. The fourth-order valence-electron chi connectivity index (χ4n) is 4.29. The summed E-state index contributed by atoms with van der Waals surface area (Å²) in [5.74, 6) is -0.136. The SMILES string of the molecule is CCn1cc(CN2CCn3c(ccc(-n4cnc(C)c4)c3=O)C2=O)c2ccc(Cl)cc21. The van der Waals surface area contributed by atoms with E-state index >= 15 is 0 Å². The molecule has 0 spiro atoms. The molecule has 8 heteroatoms. The minimum Gasteiger partial charge on any atom is -0.347 e. The lowest BCUT2D eigenvalue weighted by atomic mass is 10.1. The smallest absolute Gasteiger partial charge is 0.275 e. The number of halogens is 1. The van der Waals surface area contributed by atoms with Crippen LogP contribution in [0, 0.1) is 6.92 Å². The zero-order valence-electron chi connectivity index (χ0n) is 17.4. The third-order valence-electron chi connectivity index (χ3n) is 5.87. The van der Waals surface area contributed by atoms with E-state index in [-0.39, 0.29) is 11.5 Å². The van der Waals surface area contributed by atoms with Crippen LogP contribution in [-0.2, 0) is 19.6 Å². The summed E-state index contributed by atoms with van der Waals surface area (Å²) >= 11 is 6.19. The Bertz CT molecular complexity index is 1380. The van der Waals surface area contributed by atoms with E-state index in [1.807, 2.05) is 25.1 Å². The number of hydrogen-bond donors (Lipinski definition) is 0. The first-order valence-corrected chi connectivity index (χ1v) is 10.7. The molecule has 1 amide bonds. The maximum absolute atomic E-state index is 13.2. The second-order valence-electron chi connectivity index (χ2n) is 7.81. The Kier molecular flexibility index (Phi) is 4.70. The summed E-state index contributed by atoms with van der Waals surface area (Å²) in [7, 11) is 0. The summed E-state index contributed by atoms with van der Waals surface area (Å²) < 4.78 is 5.41. The lowest BCUT2D eigenvalue weighted by molar-refractivity contribution is 0.0687. The molecule has 0 unspecified atom stereocenters. The van der Waals surface area contributed by atoms with Gasteiger partial charge in [0, 0.05) is 54.5 Å². The van der Waals surface area contributed by atoms with Gasteiger partial charge in [0.05, 0.1) is 12.0 Å². The lowest BCUT2D eigenvalue weighted by Crippen LogP contribution is -2.44. The van der Waals surface area contributed by atoms with Crippen LogP contribution in [0.5, 0.6) is 0 Å². The molecule has 4 heterocycles. The number of benzene rings is 1. The van der Waals surface area contributed by atoms with Gasteiger partial charge in [0.1, 0.15) is 11.4 Å². The standard InChI is InChI=1S/C23H22ClN5O2/c1-3-26-12-16(18-5-4-17(24)10-21(18)26)13-27-8-9-29-20(22(27)30)7-6-19(23(29)31)28-11-15(2)25-14-28/h4-7,10-12,14H,3,8-9,13H2,1-2H3. The van der Waals surface area contributed by atoms with Crippen LogP contribution in [0.4, 0.5) is 0 Å². The van der Waals surface area contributed by atoms with Crippen molar-refractivity contribution >= 4 is 28.4 Å². The van der Waals surface area contributed by atoms with Crippen molar-refractivity contribution in [3.8, 4) is 5.69 Å². The van der Waals surface area contributed by atoms with Crippen molar-refractivity contribution in [2.45, 2.75) is 33.5 Å². The van der Waals surface area contributed by atoms with Gasteiger partial charge in [-0.3, -0.25) is 9.59 Å². The van der Waals surface area contributed by atoms with E-state index in [9.17, 15) is 9.59 Å². The average Bonchev–Trinajstić information content (AvgIpc) is 3.33. The second-order valence-corrected chi connectivity index (χ2v) is 8.25. The first-order valence-electron chi connectivity index (χ1n) is 10.3.